The standard InChI is InChI=1S/C17H24N2O2/c1-11-9-13(19(20)21)5-6-14(11)18-15-16(2,3)12-7-8-17(15,4)10-12/h5-6,9,12,15,18H,7-8,10H2,1-4H3. The van der Waals surface area contributed by atoms with Gasteiger partial charge in [-0.2, -0.15) is 0 Å². The molecule has 1 aromatic carbocycles. The van der Waals surface area contributed by atoms with Gasteiger partial charge in [0.1, 0.15) is 0 Å². The zero-order chi connectivity index (χ0) is 15.4. The van der Waals surface area contributed by atoms with Crippen LogP contribution in [-0.2, 0) is 0 Å². The van der Waals surface area contributed by atoms with Gasteiger partial charge in [-0.15, -0.1) is 0 Å². The number of nitro groups is 1. The minimum atomic E-state index is -0.334. The predicted molar refractivity (Wildman–Crippen MR) is 84.5 cm³/mol. The lowest BCUT2D eigenvalue weighted by molar-refractivity contribution is -0.384. The maximum atomic E-state index is 10.9. The molecule has 2 fully saturated rings. The van der Waals surface area contributed by atoms with Crippen molar-refractivity contribution in [3.8, 4) is 0 Å². The molecule has 0 heterocycles. The largest absolute Gasteiger partial charge is 0.381 e. The fourth-order valence-corrected chi connectivity index (χ4v) is 4.74. The number of rotatable bonds is 3. The normalized spacial score (nSPS) is 33.1. The number of anilines is 1. The van der Waals surface area contributed by atoms with Crippen LogP contribution in [0.15, 0.2) is 18.2 Å². The number of nitro benzene ring substituents is 1. The van der Waals surface area contributed by atoms with Crippen LogP contribution in [0.4, 0.5) is 11.4 Å². The zero-order valence-electron chi connectivity index (χ0n) is 13.3. The minimum Gasteiger partial charge on any atom is -0.381 e. The van der Waals surface area contributed by atoms with Crippen LogP contribution >= 0.6 is 0 Å². The molecule has 4 heteroatoms. The van der Waals surface area contributed by atoms with E-state index in [1.807, 2.05) is 13.0 Å². The topological polar surface area (TPSA) is 55.2 Å². The first-order chi connectivity index (χ1) is 9.74. The Kier molecular flexibility index (Phi) is 3.05. The van der Waals surface area contributed by atoms with Crippen molar-refractivity contribution in [3.63, 3.8) is 0 Å². The third-order valence-electron chi connectivity index (χ3n) is 5.99. The van der Waals surface area contributed by atoms with Gasteiger partial charge in [-0.3, -0.25) is 10.1 Å². The van der Waals surface area contributed by atoms with Crippen molar-refractivity contribution in [2.45, 2.75) is 53.0 Å². The first kappa shape index (κ1) is 14.4. The van der Waals surface area contributed by atoms with Crippen molar-refractivity contribution in [2.24, 2.45) is 16.7 Å². The molecule has 1 aromatic rings. The summed E-state index contributed by atoms with van der Waals surface area (Å²) in [6, 6.07) is 5.55. The van der Waals surface area contributed by atoms with E-state index in [1.165, 1.54) is 19.3 Å². The molecule has 0 radical (unpaired) electrons. The van der Waals surface area contributed by atoms with Gasteiger partial charge in [0.05, 0.1) is 4.92 Å². The average molecular weight is 288 g/mol. The maximum Gasteiger partial charge on any atom is 0.269 e. The van der Waals surface area contributed by atoms with E-state index in [2.05, 4.69) is 26.1 Å². The fraction of sp³-hybridized carbons (Fsp3) is 0.647. The van der Waals surface area contributed by atoms with E-state index in [1.54, 1.807) is 12.1 Å². The SMILES string of the molecule is Cc1cc([N+](=O)[O-])ccc1NC1C2(C)CCC(C2)C1(C)C. The van der Waals surface area contributed by atoms with Crippen LogP contribution in [0.3, 0.4) is 0 Å². The van der Waals surface area contributed by atoms with E-state index in [0.29, 0.717) is 11.5 Å². The van der Waals surface area contributed by atoms with Crippen molar-refractivity contribution in [2.75, 3.05) is 5.32 Å². The number of fused-ring (bicyclic) bond motifs is 2. The Morgan fingerprint density at radius 2 is 2.05 bits per heavy atom. The predicted octanol–water partition coefficient (Wildman–Crippen LogP) is 4.53. The van der Waals surface area contributed by atoms with Gasteiger partial charge < -0.3 is 5.32 Å². The van der Waals surface area contributed by atoms with Crippen molar-refractivity contribution < 1.29 is 4.92 Å². The summed E-state index contributed by atoms with van der Waals surface area (Å²) in [7, 11) is 0. The van der Waals surface area contributed by atoms with Gasteiger partial charge in [-0.1, -0.05) is 20.8 Å². The molecule has 2 aliphatic rings. The van der Waals surface area contributed by atoms with E-state index in [0.717, 1.165) is 17.2 Å². The van der Waals surface area contributed by atoms with Crippen LogP contribution in [0, 0.1) is 33.8 Å². The van der Waals surface area contributed by atoms with Crippen LogP contribution in [0.2, 0.25) is 0 Å². The molecule has 21 heavy (non-hydrogen) atoms. The Balaban J connectivity index is 1.88. The third-order valence-corrected chi connectivity index (χ3v) is 5.99. The number of benzene rings is 1. The lowest BCUT2D eigenvalue weighted by atomic mass is 9.68. The zero-order valence-corrected chi connectivity index (χ0v) is 13.3. The van der Waals surface area contributed by atoms with Gasteiger partial charge in [0.25, 0.3) is 5.69 Å². The van der Waals surface area contributed by atoms with Crippen LogP contribution in [0.1, 0.15) is 45.6 Å². The molecular formula is C17H24N2O2. The molecule has 0 spiro atoms. The highest BCUT2D eigenvalue weighted by atomic mass is 16.6. The summed E-state index contributed by atoms with van der Waals surface area (Å²) in [5.74, 6) is 0.790. The molecular weight excluding hydrogens is 264 g/mol. The van der Waals surface area contributed by atoms with E-state index >= 15 is 0 Å². The number of non-ortho nitro benzene ring substituents is 1. The highest BCUT2D eigenvalue weighted by Crippen LogP contribution is 2.63. The summed E-state index contributed by atoms with van der Waals surface area (Å²) in [6.45, 7) is 9.05. The summed E-state index contributed by atoms with van der Waals surface area (Å²) in [5.41, 5.74) is 2.78. The second-order valence-electron chi connectivity index (χ2n) is 7.75. The van der Waals surface area contributed by atoms with Crippen LogP contribution in [0.25, 0.3) is 0 Å². The number of hydrogen-bond donors (Lipinski definition) is 1. The summed E-state index contributed by atoms with van der Waals surface area (Å²) < 4.78 is 0. The first-order valence-corrected chi connectivity index (χ1v) is 7.76. The maximum absolute atomic E-state index is 10.9. The van der Waals surface area contributed by atoms with Gasteiger partial charge in [-0.25, -0.2) is 0 Å². The first-order valence-electron chi connectivity index (χ1n) is 7.76. The lowest BCUT2D eigenvalue weighted by Crippen LogP contribution is -2.45. The van der Waals surface area contributed by atoms with Crippen LogP contribution in [-0.4, -0.2) is 11.0 Å². The Morgan fingerprint density at radius 1 is 1.33 bits per heavy atom. The van der Waals surface area contributed by atoms with Crippen LogP contribution in [0.5, 0.6) is 0 Å². The van der Waals surface area contributed by atoms with Crippen molar-refractivity contribution in [1.29, 1.82) is 0 Å². The van der Waals surface area contributed by atoms with Crippen molar-refractivity contribution in [3.05, 3.63) is 33.9 Å². The van der Waals surface area contributed by atoms with Crippen LogP contribution < -0.4 is 5.32 Å². The number of nitrogens with zero attached hydrogens (tertiary/aromatic N) is 1. The third kappa shape index (κ3) is 2.12. The van der Waals surface area contributed by atoms with E-state index in [9.17, 15) is 10.1 Å². The molecule has 114 valence electrons. The van der Waals surface area contributed by atoms with Gasteiger partial charge in [-0.05, 0) is 54.6 Å². The van der Waals surface area contributed by atoms with Gasteiger partial charge in [0.2, 0.25) is 0 Å². The van der Waals surface area contributed by atoms with Crippen molar-refractivity contribution in [1.82, 2.24) is 0 Å². The average Bonchev–Trinajstić information content (AvgIpc) is 2.87. The van der Waals surface area contributed by atoms with E-state index < -0.39 is 0 Å². The summed E-state index contributed by atoms with van der Waals surface area (Å²) in [6.07, 6.45) is 3.91. The van der Waals surface area contributed by atoms with Crippen molar-refractivity contribution >= 4 is 11.4 Å². The smallest absolute Gasteiger partial charge is 0.269 e. The second-order valence-corrected chi connectivity index (χ2v) is 7.75. The number of hydrogen-bond acceptors (Lipinski definition) is 3. The highest BCUT2D eigenvalue weighted by molar-refractivity contribution is 5.56. The second kappa shape index (κ2) is 4.46. The molecule has 0 saturated heterocycles. The minimum absolute atomic E-state index is 0.163. The highest BCUT2D eigenvalue weighted by Gasteiger charge is 2.59. The molecule has 0 amide bonds. The Hall–Kier alpha value is -1.58. The van der Waals surface area contributed by atoms with E-state index in [-0.39, 0.29) is 16.0 Å². The molecule has 2 aliphatic carbocycles. The molecule has 1 N–H and O–H groups in total. The number of aryl methyl sites for hydroxylation is 1. The quantitative estimate of drug-likeness (QED) is 0.656. The Morgan fingerprint density at radius 3 is 2.57 bits per heavy atom. The summed E-state index contributed by atoms with van der Waals surface area (Å²) in [5, 5.41) is 14.6. The lowest BCUT2D eigenvalue weighted by Gasteiger charge is -2.44. The monoisotopic (exact) mass is 288 g/mol. The molecule has 3 unspecified atom stereocenters. The fourth-order valence-electron chi connectivity index (χ4n) is 4.74. The van der Waals surface area contributed by atoms with Gasteiger partial charge >= 0.3 is 0 Å². The molecule has 2 bridgehead atoms. The molecule has 0 aromatic heterocycles. The summed E-state index contributed by atoms with van der Waals surface area (Å²) in [4.78, 5) is 10.5. The molecule has 3 rings (SSSR count). The molecule has 0 aliphatic heterocycles. The van der Waals surface area contributed by atoms with Gasteiger partial charge in [0.15, 0.2) is 0 Å². The summed E-state index contributed by atoms with van der Waals surface area (Å²) >= 11 is 0. The molecule has 3 atom stereocenters. The van der Waals surface area contributed by atoms with Gasteiger partial charge in [0, 0.05) is 23.9 Å². The Bertz CT molecular complexity index is 592. The molecule has 4 nitrogen and oxygen atoms in total. The van der Waals surface area contributed by atoms with E-state index in [4.69, 9.17) is 0 Å². The molecule has 2 saturated carbocycles. The Labute approximate surface area is 126 Å². The number of nitrogens with one attached hydrogen (secondary N) is 1.